The molecule has 0 aromatic heterocycles. The van der Waals surface area contributed by atoms with E-state index < -0.39 is 15.9 Å². The van der Waals surface area contributed by atoms with Crippen molar-refractivity contribution in [2.24, 2.45) is 0 Å². The highest BCUT2D eigenvalue weighted by atomic mass is 35.5. The van der Waals surface area contributed by atoms with Gasteiger partial charge in [0, 0.05) is 12.1 Å². The van der Waals surface area contributed by atoms with Crippen LogP contribution in [0.2, 0.25) is 5.02 Å². The van der Waals surface area contributed by atoms with E-state index in [-0.39, 0.29) is 17.4 Å². The van der Waals surface area contributed by atoms with Crippen LogP contribution in [0.1, 0.15) is 0 Å². The van der Waals surface area contributed by atoms with Crippen LogP contribution in [0.5, 0.6) is 0 Å². The van der Waals surface area contributed by atoms with Crippen LogP contribution in [-0.2, 0) is 14.8 Å². The number of carbonyl (C=O) groups is 1. The predicted octanol–water partition coefficient (Wildman–Crippen LogP) is 0.737. The quantitative estimate of drug-likeness (QED) is 0.871. The molecule has 1 heterocycles. The summed E-state index contributed by atoms with van der Waals surface area (Å²) in [6.07, 6.45) is 0. The normalized spacial score (nSPS) is 16.6. The van der Waals surface area contributed by atoms with Gasteiger partial charge in [-0.05, 0) is 24.3 Å². The van der Waals surface area contributed by atoms with Gasteiger partial charge in [0.05, 0.1) is 4.90 Å². The predicted molar refractivity (Wildman–Crippen MR) is 65.8 cm³/mol. The van der Waals surface area contributed by atoms with Crippen molar-refractivity contribution in [3.63, 3.8) is 0 Å². The van der Waals surface area contributed by atoms with Crippen molar-refractivity contribution in [2.75, 3.05) is 13.6 Å². The van der Waals surface area contributed by atoms with E-state index in [1.54, 1.807) is 0 Å². The van der Waals surface area contributed by atoms with Gasteiger partial charge in [0.1, 0.15) is 6.54 Å². The first-order valence-corrected chi connectivity index (χ1v) is 6.79. The Balaban J connectivity index is 2.41. The Kier molecular flexibility index (Phi) is 3.04. The number of carbonyl (C=O) groups excluding carboxylic acids is 1. The van der Waals surface area contributed by atoms with Crippen molar-refractivity contribution in [1.29, 1.82) is 5.41 Å². The maximum atomic E-state index is 12.2. The van der Waals surface area contributed by atoms with Gasteiger partial charge in [-0.1, -0.05) is 11.6 Å². The number of halogens is 1. The monoisotopic (exact) mass is 287 g/mol. The highest BCUT2D eigenvalue weighted by molar-refractivity contribution is 7.89. The van der Waals surface area contributed by atoms with Crippen molar-refractivity contribution in [3.05, 3.63) is 29.3 Å². The van der Waals surface area contributed by atoms with E-state index in [9.17, 15) is 13.2 Å². The van der Waals surface area contributed by atoms with Crippen LogP contribution >= 0.6 is 11.6 Å². The Labute approximate surface area is 109 Å². The Bertz CT molecular complexity index is 612. The van der Waals surface area contributed by atoms with E-state index in [1.807, 2.05) is 0 Å². The second-order valence-corrected chi connectivity index (χ2v) is 6.04. The molecule has 8 heteroatoms. The van der Waals surface area contributed by atoms with Gasteiger partial charge >= 0.3 is 0 Å². The van der Waals surface area contributed by atoms with Crippen molar-refractivity contribution in [2.45, 2.75) is 4.90 Å². The number of guanidine groups is 1. The number of amides is 1. The average Bonchev–Trinajstić information content (AvgIpc) is 2.58. The molecule has 0 saturated carbocycles. The third-order valence-electron chi connectivity index (χ3n) is 2.61. The molecule has 18 heavy (non-hydrogen) atoms. The number of nitrogens with one attached hydrogen (secondary N) is 1. The first-order chi connectivity index (χ1) is 8.34. The first-order valence-electron chi connectivity index (χ1n) is 4.97. The fourth-order valence-electron chi connectivity index (χ4n) is 1.52. The van der Waals surface area contributed by atoms with Crippen LogP contribution in [0.3, 0.4) is 0 Å². The minimum Gasteiger partial charge on any atom is -0.284 e. The molecular formula is C10H10ClN3O3S. The van der Waals surface area contributed by atoms with Crippen molar-refractivity contribution in [1.82, 2.24) is 9.21 Å². The van der Waals surface area contributed by atoms with Crippen LogP contribution in [-0.4, -0.2) is 43.1 Å². The summed E-state index contributed by atoms with van der Waals surface area (Å²) >= 11 is 5.68. The lowest BCUT2D eigenvalue weighted by atomic mass is 10.4. The second-order valence-electron chi connectivity index (χ2n) is 3.74. The zero-order valence-corrected chi connectivity index (χ0v) is 11.0. The third-order valence-corrected chi connectivity index (χ3v) is 4.61. The van der Waals surface area contributed by atoms with Gasteiger partial charge in [-0.25, -0.2) is 12.7 Å². The van der Waals surface area contributed by atoms with E-state index in [4.69, 9.17) is 17.0 Å². The zero-order valence-electron chi connectivity index (χ0n) is 9.42. The summed E-state index contributed by atoms with van der Waals surface area (Å²) in [6.45, 7) is -0.347. The smallest absolute Gasteiger partial charge is 0.267 e. The summed E-state index contributed by atoms with van der Waals surface area (Å²) in [6, 6.07) is 5.57. The molecule has 1 aromatic carbocycles. The molecule has 1 fully saturated rings. The molecule has 1 aromatic rings. The maximum absolute atomic E-state index is 12.2. The number of nitrogens with zero attached hydrogens (tertiary/aromatic N) is 2. The summed E-state index contributed by atoms with van der Waals surface area (Å²) in [5, 5.41) is 8.03. The second kappa shape index (κ2) is 4.25. The SMILES string of the molecule is CN1C(=N)N(S(=O)(=O)c2ccc(Cl)cc2)CC1=O. The largest absolute Gasteiger partial charge is 0.284 e. The van der Waals surface area contributed by atoms with Gasteiger partial charge in [-0.15, -0.1) is 0 Å². The molecule has 0 spiro atoms. The summed E-state index contributed by atoms with van der Waals surface area (Å²) in [5.41, 5.74) is 0. The third kappa shape index (κ3) is 1.95. The molecule has 2 rings (SSSR count). The molecular weight excluding hydrogens is 278 g/mol. The number of sulfonamides is 1. The van der Waals surface area contributed by atoms with Gasteiger partial charge in [-0.3, -0.25) is 15.1 Å². The maximum Gasteiger partial charge on any atom is 0.267 e. The lowest BCUT2D eigenvalue weighted by Gasteiger charge is -2.17. The fraction of sp³-hybridized carbons (Fsp3) is 0.200. The lowest BCUT2D eigenvalue weighted by Crippen LogP contribution is -2.35. The highest BCUT2D eigenvalue weighted by Crippen LogP contribution is 2.21. The van der Waals surface area contributed by atoms with E-state index in [0.717, 1.165) is 9.21 Å². The van der Waals surface area contributed by atoms with E-state index in [2.05, 4.69) is 0 Å². The molecule has 0 unspecified atom stereocenters. The van der Waals surface area contributed by atoms with Gasteiger partial charge in [0.2, 0.25) is 11.9 Å². The standard InChI is InChI=1S/C10H10ClN3O3S/c1-13-9(15)6-14(10(13)12)18(16,17)8-4-2-7(11)3-5-8/h2-5,12H,6H2,1H3. The van der Waals surface area contributed by atoms with Crippen LogP contribution in [0.4, 0.5) is 0 Å². The van der Waals surface area contributed by atoms with Gasteiger partial charge in [0.25, 0.3) is 10.0 Å². The molecule has 0 atom stereocenters. The molecule has 1 saturated heterocycles. The van der Waals surface area contributed by atoms with E-state index >= 15 is 0 Å². The van der Waals surface area contributed by atoms with Crippen molar-refractivity contribution >= 4 is 33.5 Å². The van der Waals surface area contributed by atoms with Crippen molar-refractivity contribution in [3.8, 4) is 0 Å². The molecule has 0 aliphatic carbocycles. The summed E-state index contributed by atoms with van der Waals surface area (Å²) < 4.78 is 25.2. The molecule has 1 aliphatic rings. The summed E-state index contributed by atoms with van der Waals surface area (Å²) in [5.74, 6) is -0.785. The minimum atomic E-state index is -3.88. The molecule has 0 radical (unpaired) electrons. The number of likely N-dealkylation sites (N-methyl/N-ethyl adjacent to an activating group) is 1. The van der Waals surface area contributed by atoms with Crippen molar-refractivity contribution < 1.29 is 13.2 Å². The molecule has 1 aliphatic heterocycles. The summed E-state index contributed by atoms with van der Waals surface area (Å²) in [7, 11) is -2.52. The fourth-order valence-corrected chi connectivity index (χ4v) is 3.01. The molecule has 96 valence electrons. The number of hydrogen-bond donors (Lipinski definition) is 1. The molecule has 6 nitrogen and oxygen atoms in total. The highest BCUT2D eigenvalue weighted by Gasteiger charge is 2.38. The Hall–Kier alpha value is -1.60. The molecule has 1 N–H and O–H groups in total. The number of hydrogen-bond acceptors (Lipinski definition) is 4. The van der Waals surface area contributed by atoms with Crippen LogP contribution in [0.15, 0.2) is 29.2 Å². The van der Waals surface area contributed by atoms with E-state index in [0.29, 0.717) is 5.02 Å². The lowest BCUT2D eigenvalue weighted by molar-refractivity contribution is -0.124. The number of rotatable bonds is 2. The van der Waals surface area contributed by atoms with Crippen LogP contribution in [0.25, 0.3) is 0 Å². The Morgan fingerprint density at radius 1 is 1.28 bits per heavy atom. The summed E-state index contributed by atoms with van der Waals surface area (Å²) in [4.78, 5) is 12.4. The van der Waals surface area contributed by atoms with Crippen LogP contribution in [0, 0.1) is 5.41 Å². The number of benzene rings is 1. The average molecular weight is 288 g/mol. The Morgan fingerprint density at radius 3 is 2.28 bits per heavy atom. The van der Waals surface area contributed by atoms with E-state index in [1.165, 1.54) is 31.3 Å². The molecule has 0 bridgehead atoms. The zero-order chi connectivity index (χ0) is 13.5. The minimum absolute atomic E-state index is 0.000231. The van der Waals surface area contributed by atoms with Gasteiger partial charge in [-0.2, -0.15) is 0 Å². The van der Waals surface area contributed by atoms with Crippen LogP contribution < -0.4 is 0 Å². The topological polar surface area (TPSA) is 81.5 Å². The van der Waals surface area contributed by atoms with Gasteiger partial charge < -0.3 is 0 Å². The first kappa shape index (κ1) is 12.8. The Morgan fingerprint density at radius 2 is 1.83 bits per heavy atom. The molecule has 1 amide bonds. The van der Waals surface area contributed by atoms with Gasteiger partial charge in [0.15, 0.2) is 0 Å².